The molecule has 0 bridgehead atoms. The standard InChI is InChI=1S/C38H35N5O5/c1-5-34(39)42-33-23-25(7-20-32(33)43-35(44)6-2)21-22-47-36(40)28-10-8-26(9-11-28)27-12-16-30(17-13-27)41-37(45)29-14-18-31(19-15-29)48-38(46)24(3)4/h5-20,23,40H,1-3,21-22H2,4H3,(H2,39,42)(H,41,45)(H,43,44). The van der Waals surface area contributed by atoms with Gasteiger partial charge in [0.2, 0.25) is 11.8 Å². The molecule has 5 N–H and O–H groups in total. The first kappa shape index (κ1) is 34.3. The number of carbonyl (C=O) groups excluding carboxylic acids is 3. The monoisotopic (exact) mass is 641 g/mol. The van der Waals surface area contributed by atoms with Gasteiger partial charge in [-0.1, -0.05) is 50.1 Å². The molecule has 0 aliphatic rings. The molecule has 4 rings (SSSR count). The molecule has 0 unspecified atom stereocenters. The molecule has 10 nitrogen and oxygen atoms in total. The van der Waals surface area contributed by atoms with Gasteiger partial charge < -0.3 is 25.8 Å². The summed E-state index contributed by atoms with van der Waals surface area (Å²) in [7, 11) is 0. The summed E-state index contributed by atoms with van der Waals surface area (Å²) in [5.74, 6) is -0.639. The largest absolute Gasteiger partial charge is 0.477 e. The van der Waals surface area contributed by atoms with Crippen molar-refractivity contribution in [3.63, 3.8) is 0 Å². The number of benzene rings is 4. The average molecular weight is 642 g/mol. The van der Waals surface area contributed by atoms with E-state index in [9.17, 15) is 14.4 Å². The molecule has 0 aliphatic carbocycles. The number of aliphatic imine (C=N–C) groups is 1. The zero-order chi connectivity index (χ0) is 34.6. The highest BCUT2D eigenvalue weighted by Gasteiger charge is 2.11. The third-order valence-corrected chi connectivity index (χ3v) is 6.90. The summed E-state index contributed by atoms with van der Waals surface area (Å²) in [5.41, 5.74) is 11.4. The molecule has 0 spiro atoms. The molecule has 4 aromatic carbocycles. The topological polar surface area (TPSA) is 156 Å². The van der Waals surface area contributed by atoms with Crippen LogP contribution >= 0.6 is 0 Å². The van der Waals surface area contributed by atoms with Crippen molar-refractivity contribution in [3.8, 4) is 16.9 Å². The number of amidine groups is 1. The Bertz CT molecular complexity index is 1890. The van der Waals surface area contributed by atoms with E-state index in [0.717, 1.165) is 16.7 Å². The number of hydrogen-bond acceptors (Lipinski definition) is 7. The van der Waals surface area contributed by atoms with Gasteiger partial charge in [0.15, 0.2) is 0 Å². The Hall–Kier alpha value is -6.55. The fourth-order valence-electron chi connectivity index (χ4n) is 4.29. The van der Waals surface area contributed by atoms with Crippen molar-refractivity contribution < 1.29 is 23.9 Å². The number of rotatable bonds is 13. The molecule has 0 radical (unpaired) electrons. The minimum absolute atomic E-state index is 0.0330. The van der Waals surface area contributed by atoms with Gasteiger partial charge in [-0.2, -0.15) is 0 Å². The summed E-state index contributed by atoms with van der Waals surface area (Å²) in [6.45, 7) is 12.4. The Kier molecular flexibility index (Phi) is 11.5. The zero-order valence-corrected chi connectivity index (χ0v) is 26.4. The lowest BCUT2D eigenvalue weighted by molar-refractivity contribution is -0.130. The molecule has 0 heterocycles. The van der Waals surface area contributed by atoms with E-state index >= 15 is 0 Å². The number of anilines is 2. The van der Waals surface area contributed by atoms with Crippen LogP contribution < -0.4 is 21.1 Å². The van der Waals surface area contributed by atoms with Crippen LogP contribution in [-0.2, 0) is 20.7 Å². The summed E-state index contributed by atoms with van der Waals surface area (Å²) >= 11 is 0. The highest BCUT2D eigenvalue weighted by atomic mass is 16.5. The summed E-state index contributed by atoms with van der Waals surface area (Å²) in [5, 5.41) is 14.0. The van der Waals surface area contributed by atoms with E-state index < -0.39 is 5.97 Å². The quantitative estimate of drug-likeness (QED) is 0.0406. The lowest BCUT2D eigenvalue weighted by atomic mass is 10.0. The van der Waals surface area contributed by atoms with Crippen LogP contribution in [0.3, 0.4) is 0 Å². The van der Waals surface area contributed by atoms with Crippen molar-refractivity contribution in [2.45, 2.75) is 13.3 Å². The molecule has 4 aromatic rings. The fourth-order valence-corrected chi connectivity index (χ4v) is 4.29. The van der Waals surface area contributed by atoms with Crippen LogP contribution in [0.15, 0.2) is 133 Å². The van der Waals surface area contributed by atoms with Crippen molar-refractivity contribution >= 4 is 46.6 Å². The van der Waals surface area contributed by atoms with Gasteiger partial charge in [0.05, 0.1) is 18.0 Å². The molecule has 0 fully saturated rings. The normalized spacial score (nSPS) is 10.7. The average Bonchev–Trinajstić information content (AvgIpc) is 3.09. The first-order valence-corrected chi connectivity index (χ1v) is 14.8. The maximum Gasteiger partial charge on any atom is 0.338 e. The van der Waals surface area contributed by atoms with E-state index in [1.54, 1.807) is 55.5 Å². The van der Waals surface area contributed by atoms with Crippen LogP contribution in [0, 0.1) is 5.41 Å². The maximum absolute atomic E-state index is 12.7. The summed E-state index contributed by atoms with van der Waals surface area (Å²) in [6.07, 6.45) is 3.07. The molecule has 48 heavy (non-hydrogen) atoms. The van der Waals surface area contributed by atoms with Crippen LogP contribution in [0.25, 0.3) is 11.1 Å². The van der Waals surface area contributed by atoms with Crippen LogP contribution in [0.2, 0.25) is 0 Å². The fraction of sp³-hybridized carbons (Fsp3) is 0.0789. The van der Waals surface area contributed by atoms with Gasteiger partial charge in [-0.25, -0.2) is 9.79 Å². The van der Waals surface area contributed by atoms with Gasteiger partial charge in [-0.15, -0.1) is 0 Å². The van der Waals surface area contributed by atoms with E-state index in [4.69, 9.17) is 20.6 Å². The van der Waals surface area contributed by atoms with Crippen LogP contribution in [0.1, 0.15) is 28.4 Å². The highest BCUT2D eigenvalue weighted by molar-refractivity contribution is 6.04. The number of nitrogens with zero attached hydrogens (tertiary/aromatic N) is 1. The molecule has 0 saturated heterocycles. The number of nitrogens with two attached hydrogens (primary N) is 1. The van der Waals surface area contributed by atoms with Crippen molar-refractivity contribution in [2.24, 2.45) is 10.7 Å². The molecule has 242 valence electrons. The zero-order valence-electron chi connectivity index (χ0n) is 26.4. The summed E-state index contributed by atoms with van der Waals surface area (Å²) < 4.78 is 10.9. The molecule has 10 heteroatoms. The predicted molar refractivity (Wildman–Crippen MR) is 190 cm³/mol. The first-order valence-electron chi connectivity index (χ1n) is 14.8. The second kappa shape index (κ2) is 16.1. The second-order valence-corrected chi connectivity index (χ2v) is 10.5. The van der Waals surface area contributed by atoms with E-state index in [1.807, 2.05) is 42.5 Å². The predicted octanol–water partition coefficient (Wildman–Crippen LogP) is 6.97. The van der Waals surface area contributed by atoms with Crippen LogP contribution in [0.4, 0.5) is 17.1 Å². The van der Waals surface area contributed by atoms with Gasteiger partial charge in [0.1, 0.15) is 11.6 Å². The molecular weight excluding hydrogens is 606 g/mol. The minimum atomic E-state index is -0.529. The van der Waals surface area contributed by atoms with Crippen LogP contribution in [-0.4, -0.2) is 36.1 Å². The van der Waals surface area contributed by atoms with Crippen LogP contribution in [0.5, 0.6) is 5.75 Å². The number of esters is 1. The Labute approximate surface area is 278 Å². The van der Waals surface area contributed by atoms with Gasteiger partial charge in [0, 0.05) is 28.8 Å². The molecule has 0 atom stereocenters. The first-order chi connectivity index (χ1) is 23.1. The van der Waals surface area contributed by atoms with Crippen molar-refractivity contribution in [2.75, 3.05) is 17.2 Å². The molecule has 0 aromatic heterocycles. The molecule has 2 amide bonds. The van der Waals surface area contributed by atoms with E-state index in [1.165, 1.54) is 12.2 Å². The van der Waals surface area contributed by atoms with E-state index in [2.05, 4.69) is 35.4 Å². The SMILES string of the molecule is C=CC(=O)Nc1ccc(CCOC(=N)c2ccc(-c3ccc(NC(=O)c4ccc(OC(=O)C(=C)C)cc4)cc3)cc2)cc1N=C(N)C=C. The molecular formula is C38H35N5O5. The maximum atomic E-state index is 12.7. The van der Waals surface area contributed by atoms with Crippen molar-refractivity contribution in [1.29, 1.82) is 5.41 Å². The number of hydrogen-bond donors (Lipinski definition) is 4. The molecule has 0 saturated carbocycles. The third kappa shape index (κ3) is 9.48. The van der Waals surface area contributed by atoms with Gasteiger partial charge in [-0.3, -0.25) is 15.0 Å². The second-order valence-electron chi connectivity index (χ2n) is 10.5. The molecule has 0 aliphatic heterocycles. The lowest BCUT2D eigenvalue weighted by Crippen LogP contribution is -2.12. The summed E-state index contributed by atoms with van der Waals surface area (Å²) in [4.78, 5) is 40.5. The number of carbonyl (C=O) groups is 3. The number of ether oxygens (including phenoxy) is 2. The number of nitrogens with one attached hydrogen (secondary N) is 3. The van der Waals surface area contributed by atoms with E-state index in [-0.39, 0.29) is 35.7 Å². The van der Waals surface area contributed by atoms with Gasteiger partial charge >= 0.3 is 5.97 Å². The Balaban J connectivity index is 1.31. The third-order valence-electron chi connectivity index (χ3n) is 6.90. The number of amides is 2. The van der Waals surface area contributed by atoms with Crippen molar-refractivity contribution in [3.05, 3.63) is 145 Å². The van der Waals surface area contributed by atoms with Gasteiger partial charge in [-0.05, 0) is 96.4 Å². The van der Waals surface area contributed by atoms with E-state index in [0.29, 0.717) is 40.4 Å². The Morgan fingerprint density at radius 3 is 2.08 bits per heavy atom. The lowest BCUT2D eigenvalue weighted by Gasteiger charge is -2.11. The van der Waals surface area contributed by atoms with Crippen molar-refractivity contribution in [1.82, 2.24) is 0 Å². The smallest absolute Gasteiger partial charge is 0.338 e. The highest BCUT2D eigenvalue weighted by Crippen LogP contribution is 2.27. The Morgan fingerprint density at radius 1 is 0.854 bits per heavy atom. The van der Waals surface area contributed by atoms with Gasteiger partial charge in [0.25, 0.3) is 5.91 Å². The summed E-state index contributed by atoms with van der Waals surface area (Å²) in [6, 6.07) is 26.4. The Morgan fingerprint density at radius 2 is 1.48 bits per heavy atom. The minimum Gasteiger partial charge on any atom is -0.477 e.